The molecule has 0 amide bonds. The smallest absolute Gasteiger partial charge is 0.185 e. The van der Waals surface area contributed by atoms with Crippen LogP contribution in [0, 0.1) is 11.3 Å². The Kier molecular flexibility index (Phi) is 3.90. The summed E-state index contributed by atoms with van der Waals surface area (Å²) < 4.78 is 27.7. The summed E-state index contributed by atoms with van der Waals surface area (Å²) in [6.07, 6.45) is 1.11. The van der Waals surface area contributed by atoms with E-state index >= 15 is 0 Å². The lowest BCUT2D eigenvalue weighted by atomic mass is 10.2. The van der Waals surface area contributed by atoms with Crippen molar-refractivity contribution in [3.8, 4) is 6.07 Å². The molecule has 0 bridgehead atoms. The Labute approximate surface area is 86.9 Å². The Morgan fingerprint density at radius 3 is 2.07 bits per heavy atom. The Hall–Kier alpha value is -0.383. The van der Waals surface area contributed by atoms with Gasteiger partial charge < -0.3 is 4.43 Å². The molecule has 1 atom stereocenters. The van der Waals surface area contributed by atoms with Gasteiger partial charge in [-0.15, -0.1) is 0 Å². The van der Waals surface area contributed by atoms with Gasteiger partial charge in [-0.25, -0.2) is 8.42 Å². The molecule has 0 N–H and O–H groups in total. The highest BCUT2D eigenvalue weighted by Crippen LogP contribution is 2.18. The predicted molar refractivity (Wildman–Crippen MR) is 58.2 cm³/mol. The standard InChI is InChI=1S/C8H17NO3SSi/c1-8(6-9,7-13(2,10)11)12-14(3,4)5/h7H2,1-5H3. The van der Waals surface area contributed by atoms with E-state index in [1.54, 1.807) is 0 Å². The molecule has 0 saturated heterocycles. The third kappa shape index (κ3) is 6.13. The molecule has 0 radical (unpaired) electrons. The monoisotopic (exact) mass is 235 g/mol. The summed E-state index contributed by atoms with van der Waals surface area (Å²) in [5.41, 5.74) is -1.21. The largest absolute Gasteiger partial charge is 0.399 e. The maximum Gasteiger partial charge on any atom is 0.185 e. The second-order valence-electron chi connectivity index (χ2n) is 4.63. The van der Waals surface area contributed by atoms with Crippen molar-refractivity contribution in [2.24, 2.45) is 0 Å². The number of nitrogens with zero attached hydrogens (tertiary/aromatic N) is 1. The predicted octanol–water partition coefficient (Wildman–Crippen LogP) is 1.16. The molecule has 0 saturated carbocycles. The van der Waals surface area contributed by atoms with Crippen molar-refractivity contribution in [2.75, 3.05) is 12.0 Å². The number of rotatable bonds is 4. The summed E-state index contributed by atoms with van der Waals surface area (Å²) in [6.45, 7) is 7.28. The molecule has 0 spiro atoms. The molecule has 0 heterocycles. The maximum absolute atomic E-state index is 11.1. The van der Waals surface area contributed by atoms with Crippen LogP contribution in [0.15, 0.2) is 0 Å². The summed E-state index contributed by atoms with van der Waals surface area (Å²) in [5.74, 6) is -0.249. The number of hydrogen-bond acceptors (Lipinski definition) is 4. The van der Waals surface area contributed by atoms with Gasteiger partial charge >= 0.3 is 0 Å². The van der Waals surface area contributed by atoms with Crippen LogP contribution in [0.4, 0.5) is 0 Å². The van der Waals surface area contributed by atoms with Crippen LogP contribution in [0.5, 0.6) is 0 Å². The summed E-state index contributed by atoms with van der Waals surface area (Å²) >= 11 is 0. The van der Waals surface area contributed by atoms with Crippen molar-refractivity contribution < 1.29 is 12.8 Å². The number of hydrogen-bond donors (Lipinski definition) is 0. The highest BCUT2D eigenvalue weighted by atomic mass is 32.2. The molecule has 0 aromatic carbocycles. The minimum absolute atomic E-state index is 0.249. The highest BCUT2D eigenvalue weighted by molar-refractivity contribution is 7.90. The lowest BCUT2D eigenvalue weighted by Crippen LogP contribution is -2.44. The first-order valence-electron chi connectivity index (χ1n) is 4.27. The lowest BCUT2D eigenvalue weighted by molar-refractivity contribution is 0.164. The average Bonchev–Trinajstić information content (AvgIpc) is 1.78. The van der Waals surface area contributed by atoms with E-state index in [1.165, 1.54) is 6.92 Å². The molecule has 6 heteroatoms. The van der Waals surface area contributed by atoms with Crippen LogP contribution in [0.1, 0.15) is 6.92 Å². The van der Waals surface area contributed by atoms with E-state index in [0.29, 0.717) is 0 Å². The first-order valence-corrected chi connectivity index (χ1v) is 9.73. The lowest BCUT2D eigenvalue weighted by Gasteiger charge is -2.29. The Morgan fingerprint density at radius 1 is 1.43 bits per heavy atom. The number of nitriles is 1. The van der Waals surface area contributed by atoms with E-state index in [4.69, 9.17) is 9.69 Å². The molecular weight excluding hydrogens is 218 g/mol. The van der Waals surface area contributed by atoms with E-state index in [0.717, 1.165) is 6.26 Å². The van der Waals surface area contributed by atoms with Gasteiger partial charge in [0.2, 0.25) is 0 Å². The van der Waals surface area contributed by atoms with Crippen molar-refractivity contribution in [3.63, 3.8) is 0 Å². The van der Waals surface area contributed by atoms with Crippen molar-refractivity contribution in [1.82, 2.24) is 0 Å². The summed E-state index contributed by atoms with van der Waals surface area (Å²) in [4.78, 5) is 0. The van der Waals surface area contributed by atoms with Crippen LogP contribution in [0.2, 0.25) is 19.6 Å². The number of sulfone groups is 1. The molecule has 0 aliphatic heterocycles. The van der Waals surface area contributed by atoms with Crippen LogP contribution in [-0.4, -0.2) is 34.3 Å². The van der Waals surface area contributed by atoms with Gasteiger partial charge in [-0.2, -0.15) is 5.26 Å². The zero-order chi connectivity index (χ0) is 11.6. The van der Waals surface area contributed by atoms with Gasteiger partial charge in [-0.3, -0.25) is 0 Å². The van der Waals surface area contributed by atoms with E-state index in [-0.39, 0.29) is 5.75 Å². The fraction of sp³-hybridized carbons (Fsp3) is 0.875. The van der Waals surface area contributed by atoms with Crippen molar-refractivity contribution in [1.29, 1.82) is 5.26 Å². The molecule has 0 rings (SSSR count). The van der Waals surface area contributed by atoms with Gasteiger partial charge in [0.05, 0.1) is 11.8 Å². The molecule has 0 aliphatic carbocycles. The molecule has 0 aromatic heterocycles. The van der Waals surface area contributed by atoms with Gasteiger partial charge in [-0.05, 0) is 26.6 Å². The molecule has 0 aromatic rings. The fourth-order valence-corrected chi connectivity index (χ4v) is 3.96. The highest BCUT2D eigenvalue weighted by Gasteiger charge is 2.34. The third-order valence-electron chi connectivity index (χ3n) is 1.31. The third-order valence-corrected chi connectivity index (χ3v) is 3.44. The van der Waals surface area contributed by atoms with Crippen LogP contribution in [0.25, 0.3) is 0 Å². The first kappa shape index (κ1) is 13.6. The van der Waals surface area contributed by atoms with E-state index in [1.807, 2.05) is 25.7 Å². The molecule has 82 valence electrons. The second-order valence-corrected chi connectivity index (χ2v) is 11.2. The van der Waals surface area contributed by atoms with Gasteiger partial charge in [0.15, 0.2) is 23.8 Å². The zero-order valence-corrected chi connectivity index (χ0v) is 11.1. The van der Waals surface area contributed by atoms with Gasteiger partial charge in [0, 0.05) is 6.26 Å². The normalized spacial score (nSPS) is 17.1. The van der Waals surface area contributed by atoms with E-state index in [2.05, 4.69) is 0 Å². The Morgan fingerprint density at radius 2 is 1.86 bits per heavy atom. The minimum Gasteiger partial charge on any atom is -0.399 e. The quantitative estimate of drug-likeness (QED) is 0.686. The van der Waals surface area contributed by atoms with Gasteiger partial charge in [0.25, 0.3) is 0 Å². The van der Waals surface area contributed by atoms with Crippen LogP contribution in [-0.2, 0) is 14.3 Å². The summed E-state index contributed by atoms with van der Waals surface area (Å²) in [7, 11) is -5.09. The van der Waals surface area contributed by atoms with Crippen molar-refractivity contribution in [2.45, 2.75) is 32.2 Å². The second kappa shape index (κ2) is 4.01. The van der Waals surface area contributed by atoms with Gasteiger partial charge in [-0.1, -0.05) is 0 Å². The zero-order valence-electron chi connectivity index (χ0n) is 9.29. The molecule has 0 aliphatic rings. The van der Waals surface area contributed by atoms with E-state index in [9.17, 15) is 8.42 Å². The van der Waals surface area contributed by atoms with E-state index < -0.39 is 23.8 Å². The summed E-state index contributed by atoms with van der Waals surface area (Å²) in [6, 6.07) is 1.92. The molecule has 4 nitrogen and oxygen atoms in total. The Bertz CT molecular complexity index is 339. The summed E-state index contributed by atoms with van der Waals surface area (Å²) in [5, 5.41) is 8.89. The molecular formula is C8H17NO3SSi. The SMILES string of the molecule is CC(C#N)(CS(C)(=O)=O)O[Si](C)(C)C. The first-order chi connectivity index (χ1) is 5.97. The molecule has 14 heavy (non-hydrogen) atoms. The van der Waals surface area contributed by atoms with Crippen LogP contribution >= 0.6 is 0 Å². The minimum atomic E-state index is -3.19. The van der Waals surface area contributed by atoms with Crippen molar-refractivity contribution in [3.05, 3.63) is 0 Å². The Balaban J connectivity index is 4.78. The molecule has 1 unspecified atom stereocenters. The maximum atomic E-state index is 11.1. The van der Waals surface area contributed by atoms with Gasteiger partial charge in [0.1, 0.15) is 0 Å². The average molecular weight is 235 g/mol. The van der Waals surface area contributed by atoms with Crippen molar-refractivity contribution >= 4 is 18.2 Å². The topological polar surface area (TPSA) is 67.2 Å². The fourth-order valence-electron chi connectivity index (χ4n) is 1.26. The molecule has 0 fully saturated rings. The van der Waals surface area contributed by atoms with Crippen LogP contribution in [0.3, 0.4) is 0 Å². The van der Waals surface area contributed by atoms with Crippen LogP contribution < -0.4 is 0 Å².